The van der Waals surface area contributed by atoms with Crippen LogP contribution in [0.15, 0.2) is 83.7 Å². The molecular weight excluding hydrogens is 388 g/mol. The number of aromatic nitrogens is 2. The Morgan fingerprint density at radius 2 is 1.68 bits per heavy atom. The van der Waals surface area contributed by atoms with Crippen molar-refractivity contribution in [2.45, 2.75) is 13.3 Å². The first kappa shape index (κ1) is 20.3. The van der Waals surface area contributed by atoms with Crippen LogP contribution in [0.5, 0.6) is 5.75 Å². The second-order valence-electron chi connectivity index (χ2n) is 7.10. The Hall–Kier alpha value is -3.99. The van der Waals surface area contributed by atoms with Crippen LogP contribution in [0.4, 0.5) is 0 Å². The van der Waals surface area contributed by atoms with E-state index in [0.717, 1.165) is 17.7 Å². The number of carbonyl (C=O) groups is 1. The van der Waals surface area contributed by atoms with Gasteiger partial charge < -0.3 is 9.72 Å². The highest BCUT2D eigenvalue weighted by Crippen LogP contribution is 2.22. The van der Waals surface area contributed by atoms with E-state index in [2.05, 4.69) is 9.97 Å². The highest BCUT2D eigenvalue weighted by atomic mass is 16.5. The zero-order chi connectivity index (χ0) is 21.6. The molecule has 0 aliphatic heterocycles. The second-order valence-corrected chi connectivity index (χ2v) is 7.10. The average molecular weight is 410 g/mol. The third-order valence-electron chi connectivity index (χ3n) is 4.80. The van der Waals surface area contributed by atoms with Crippen LogP contribution >= 0.6 is 0 Å². The molecule has 0 amide bonds. The van der Waals surface area contributed by atoms with Crippen molar-refractivity contribution in [1.29, 1.82) is 0 Å². The van der Waals surface area contributed by atoms with Gasteiger partial charge in [-0.05, 0) is 42.3 Å². The second kappa shape index (κ2) is 9.22. The summed E-state index contributed by atoms with van der Waals surface area (Å²) < 4.78 is 5.63. The molecule has 0 spiro atoms. The fraction of sp³-hybridized carbons (Fsp3) is 0.115. The van der Waals surface area contributed by atoms with Crippen LogP contribution in [0.3, 0.4) is 0 Å². The predicted molar refractivity (Wildman–Crippen MR) is 123 cm³/mol. The standard InChI is InChI=1S/C26H22N2O3/c1-2-16-31-20-14-12-18(13-15-20)17-21(25(29)19-8-4-3-5-9-19)24-26(30)28-23-11-7-6-10-22(23)27-24/h3-15,17H,2,16H2,1H3,(H,28,30)/b21-17+. The molecule has 31 heavy (non-hydrogen) atoms. The quantitative estimate of drug-likeness (QED) is 0.338. The van der Waals surface area contributed by atoms with Crippen LogP contribution in [0.25, 0.3) is 22.7 Å². The topological polar surface area (TPSA) is 72.0 Å². The largest absolute Gasteiger partial charge is 0.494 e. The lowest BCUT2D eigenvalue weighted by molar-refractivity contribution is 0.105. The van der Waals surface area contributed by atoms with E-state index >= 15 is 0 Å². The smallest absolute Gasteiger partial charge is 0.275 e. The van der Waals surface area contributed by atoms with Gasteiger partial charge in [-0.25, -0.2) is 4.98 Å². The van der Waals surface area contributed by atoms with E-state index in [-0.39, 0.29) is 17.1 Å². The Balaban J connectivity index is 1.82. The van der Waals surface area contributed by atoms with E-state index in [9.17, 15) is 9.59 Å². The zero-order valence-electron chi connectivity index (χ0n) is 17.2. The number of ether oxygens (including phenoxy) is 1. The average Bonchev–Trinajstić information content (AvgIpc) is 2.82. The summed E-state index contributed by atoms with van der Waals surface area (Å²) >= 11 is 0. The number of hydrogen-bond donors (Lipinski definition) is 1. The molecule has 0 saturated heterocycles. The number of para-hydroxylation sites is 2. The van der Waals surface area contributed by atoms with Gasteiger partial charge in [0, 0.05) is 5.56 Å². The van der Waals surface area contributed by atoms with Crippen LogP contribution in [-0.2, 0) is 0 Å². The molecule has 154 valence electrons. The van der Waals surface area contributed by atoms with Crippen molar-refractivity contribution in [2.75, 3.05) is 6.61 Å². The molecule has 5 nitrogen and oxygen atoms in total. The van der Waals surface area contributed by atoms with E-state index in [1.807, 2.05) is 49.4 Å². The van der Waals surface area contributed by atoms with E-state index in [4.69, 9.17) is 4.74 Å². The molecule has 3 aromatic carbocycles. The van der Waals surface area contributed by atoms with Crippen molar-refractivity contribution in [3.05, 3.63) is 106 Å². The molecule has 0 radical (unpaired) electrons. The number of nitrogens with one attached hydrogen (secondary N) is 1. The van der Waals surface area contributed by atoms with Crippen molar-refractivity contribution in [2.24, 2.45) is 0 Å². The normalized spacial score (nSPS) is 11.5. The van der Waals surface area contributed by atoms with Gasteiger partial charge in [0.25, 0.3) is 5.56 Å². The van der Waals surface area contributed by atoms with Crippen molar-refractivity contribution < 1.29 is 9.53 Å². The molecule has 1 N–H and O–H groups in total. The Bertz CT molecular complexity index is 1290. The lowest BCUT2D eigenvalue weighted by atomic mass is 9.98. The highest BCUT2D eigenvalue weighted by molar-refractivity contribution is 6.32. The molecule has 5 heteroatoms. The van der Waals surface area contributed by atoms with Crippen LogP contribution in [0, 0.1) is 0 Å². The van der Waals surface area contributed by atoms with Crippen molar-refractivity contribution in [1.82, 2.24) is 9.97 Å². The van der Waals surface area contributed by atoms with Gasteiger partial charge in [0.1, 0.15) is 11.4 Å². The van der Waals surface area contributed by atoms with Gasteiger partial charge in [-0.1, -0.05) is 61.5 Å². The number of allylic oxidation sites excluding steroid dienone is 1. The first-order valence-electron chi connectivity index (χ1n) is 10.2. The fourth-order valence-corrected chi connectivity index (χ4v) is 3.25. The monoisotopic (exact) mass is 410 g/mol. The molecule has 0 aliphatic carbocycles. The molecule has 1 heterocycles. The molecule has 0 fully saturated rings. The fourth-order valence-electron chi connectivity index (χ4n) is 3.25. The molecule has 0 atom stereocenters. The minimum Gasteiger partial charge on any atom is -0.494 e. The Labute approximate surface area is 180 Å². The van der Waals surface area contributed by atoms with Gasteiger partial charge in [0.05, 0.1) is 23.2 Å². The molecule has 0 aliphatic rings. The summed E-state index contributed by atoms with van der Waals surface area (Å²) in [5, 5.41) is 0. The highest BCUT2D eigenvalue weighted by Gasteiger charge is 2.19. The Morgan fingerprint density at radius 3 is 2.42 bits per heavy atom. The molecule has 0 unspecified atom stereocenters. The minimum atomic E-state index is -0.405. The molecule has 0 bridgehead atoms. The van der Waals surface area contributed by atoms with Crippen LogP contribution in [0.1, 0.15) is 35.0 Å². The molecular formula is C26H22N2O3. The molecule has 1 aromatic heterocycles. The van der Waals surface area contributed by atoms with Crippen LogP contribution in [-0.4, -0.2) is 22.4 Å². The van der Waals surface area contributed by atoms with E-state index < -0.39 is 5.56 Å². The van der Waals surface area contributed by atoms with Crippen molar-refractivity contribution in [3.63, 3.8) is 0 Å². The van der Waals surface area contributed by atoms with Gasteiger partial charge >= 0.3 is 0 Å². The summed E-state index contributed by atoms with van der Waals surface area (Å²) in [4.78, 5) is 33.6. The third-order valence-corrected chi connectivity index (χ3v) is 4.80. The van der Waals surface area contributed by atoms with Crippen molar-refractivity contribution in [3.8, 4) is 5.75 Å². The number of benzene rings is 3. The van der Waals surface area contributed by atoms with Crippen LogP contribution < -0.4 is 10.3 Å². The van der Waals surface area contributed by atoms with Crippen LogP contribution in [0.2, 0.25) is 0 Å². The SMILES string of the molecule is CCCOc1ccc(/C=C(/C(=O)c2ccccc2)c2nc3ccccc3[nH]c2=O)cc1. The predicted octanol–water partition coefficient (Wildman–Crippen LogP) is 5.14. The summed E-state index contributed by atoms with van der Waals surface area (Å²) in [6, 6.07) is 23.6. The molecule has 4 aromatic rings. The number of Topliss-reactive ketones (excluding diaryl/α,β-unsaturated/α-hetero) is 1. The Kier molecular flexibility index (Phi) is 6.03. The lowest BCUT2D eigenvalue weighted by Crippen LogP contribution is -2.18. The number of nitrogens with zero attached hydrogens (tertiary/aromatic N) is 1. The number of carbonyl (C=O) groups excluding carboxylic acids is 1. The summed E-state index contributed by atoms with van der Waals surface area (Å²) in [6.45, 7) is 2.69. The van der Waals surface area contributed by atoms with Gasteiger partial charge in [0.15, 0.2) is 5.78 Å². The minimum absolute atomic E-state index is 0.0962. The van der Waals surface area contributed by atoms with E-state index in [1.165, 1.54) is 0 Å². The third kappa shape index (κ3) is 4.61. The maximum atomic E-state index is 13.4. The van der Waals surface area contributed by atoms with E-state index in [0.29, 0.717) is 23.2 Å². The number of H-pyrrole nitrogens is 1. The lowest BCUT2D eigenvalue weighted by Gasteiger charge is -2.09. The molecule has 4 rings (SSSR count). The number of fused-ring (bicyclic) bond motifs is 1. The van der Waals surface area contributed by atoms with Gasteiger partial charge in [-0.3, -0.25) is 9.59 Å². The zero-order valence-corrected chi connectivity index (χ0v) is 17.2. The number of hydrogen-bond acceptors (Lipinski definition) is 4. The van der Waals surface area contributed by atoms with Crippen molar-refractivity contribution >= 4 is 28.5 Å². The molecule has 0 saturated carbocycles. The maximum Gasteiger partial charge on any atom is 0.275 e. The first-order chi connectivity index (χ1) is 15.2. The summed E-state index contributed by atoms with van der Waals surface area (Å²) in [5.41, 5.74) is 2.44. The maximum absolute atomic E-state index is 13.4. The van der Waals surface area contributed by atoms with Gasteiger partial charge in [-0.15, -0.1) is 0 Å². The summed E-state index contributed by atoms with van der Waals surface area (Å²) in [6.07, 6.45) is 2.62. The van der Waals surface area contributed by atoms with Gasteiger partial charge in [-0.2, -0.15) is 0 Å². The first-order valence-corrected chi connectivity index (χ1v) is 10.2. The van der Waals surface area contributed by atoms with Gasteiger partial charge in [0.2, 0.25) is 0 Å². The Morgan fingerprint density at radius 1 is 0.968 bits per heavy atom. The number of ketones is 1. The van der Waals surface area contributed by atoms with E-state index in [1.54, 1.807) is 42.5 Å². The number of rotatable bonds is 7. The summed E-state index contributed by atoms with van der Waals surface area (Å²) in [7, 11) is 0. The summed E-state index contributed by atoms with van der Waals surface area (Å²) in [5.74, 6) is 0.497. The number of aromatic amines is 1.